The molecule has 0 bridgehead atoms. The molecule has 0 aliphatic heterocycles. The van der Waals surface area contributed by atoms with Crippen LogP contribution in [0.1, 0.15) is 40.3 Å². The molecule has 1 aromatic heterocycles. The van der Waals surface area contributed by atoms with E-state index in [4.69, 9.17) is 4.52 Å². The maximum atomic E-state index is 12.5. The highest BCUT2D eigenvalue weighted by atomic mass is 19.4. The number of hydrogen-bond donors (Lipinski definition) is 1. The van der Waals surface area contributed by atoms with Crippen molar-refractivity contribution in [2.75, 3.05) is 0 Å². The third-order valence-corrected chi connectivity index (χ3v) is 2.95. The van der Waals surface area contributed by atoms with Crippen LogP contribution >= 0.6 is 0 Å². The molecular formula is C14H13F3N2O2. The first-order chi connectivity index (χ1) is 9.77. The highest BCUT2D eigenvalue weighted by Crippen LogP contribution is 2.29. The Morgan fingerprint density at radius 1 is 1.29 bits per heavy atom. The molecule has 0 aliphatic carbocycles. The van der Waals surface area contributed by atoms with Gasteiger partial charge in [-0.15, -0.1) is 0 Å². The first kappa shape index (κ1) is 15.1. The van der Waals surface area contributed by atoms with E-state index in [0.29, 0.717) is 11.3 Å². The number of carbonyl (C=O) groups is 1. The summed E-state index contributed by atoms with van der Waals surface area (Å²) in [5.41, 5.74) is -0.0280. The van der Waals surface area contributed by atoms with Gasteiger partial charge in [-0.05, 0) is 31.5 Å². The molecule has 0 spiro atoms. The lowest BCUT2D eigenvalue weighted by atomic mass is 10.1. The first-order valence-electron chi connectivity index (χ1n) is 6.18. The molecule has 1 N–H and O–H groups in total. The summed E-state index contributed by atoms with van der Waals surface area (Å²) in [5, 5.41) is 6.21. The van der Waals surface area contributed by atoms with Crippen LogP contribution in [0.5, 0.6) is 0 Å². The van der Waals surface area contributed by atoms with Crippen LogP contribution < -0.4 is 5.32 Å². The number of nitrogens with zero attached hydrogens (tertiary/aromatic N) is 1. The predicted molar refractivity (Wildman–Crippen MR) is 68.6 cm³/mol. The minimum absolute atomic E-state index is 0.131. The van der Waals surface area contributed by atoms with E-state index >= 15 is 0 Å². The predicted octanol–water partition coefficient (Wildman–Crippen LogP) is 3.49. The second-order valence-electron chi connectivity index (χ2n) is 4.64. The Bertz CT molecular complexity index is 632. The second-order valence-corrected chi connectivity index (χ2v) is 4.64. The molecule has 0 saturated heterocycles. The summed E-state index contributed by atoms with van der Waals surface area (Å²) in [6.07, 6.45) is -4.37. The number of nitrogens with one attached hydrogen (secondary N) is 1. The van der Waals surface area contributed by atoms with Gasteiger partial charge in [0, 0.05) is 6.07 Å². The van der Waals surface area contributed by atoms with Gasteiger partial charge >= 0.3 is 6.18 Å². The Balaban J connectivity index is 2.06. The Kier molecular flexibility index (Phi) is 4.02. The molecule has 4 nitrogen and oxygen atoms in total. The fraction of sp³-hybridized carbons (Fsp3) is 0.286. The molecule has 2 rings (SSSR count). The lowest BCUT2D eigenvalue weighted by molar-refractivity contribution is -0.137. The number of benzene rings is 1. The summed E-state index contributed by atoms with van der Waals surface area (Å²) in [6, 6.07) is 5.67. The summed E-state index contributed by atoms with van der Waals surface area (Å²) >= 11 is 0. The third kappa shape index (κ3) is 3.62. The van der Waals surface area contributed by atoms with Crippen LogP contribution in [0.3, 0.4) is 0 Å². The fourth-order valence-corrected chi connectivity index (χ4v) is 1.79. The monoisotopic (exact) mass is 298 g/mol. The number of halogens is 3. The van der Waals surface area contributed by atoms with Gasteiger partial charge in [0.1, 0.15) is 5.76 Å². The summed E-state index contributed by atoms with van der Waals surface area (Å²) in [4.78, 5) is 11.9. The van der Waals surface area contributed by atoms with E-state index in [2.05, 4.69) is 10.5 Å². The van der Waals surface area contributed by atoms with Crippen molar-refractivity contribution < 1.29 is 22.5 Å². The van der Waals surface area contributed by atoms with Gasteiger partial charge < -0.3 is 9.84 Å². The summed E-state index contributed by atoms with van der Waals surface area (Å²) in [5.74, 6) is 0.0570. The zero-order valence-electron chi connectivity index (χ0n) is 11.4. The highest BCUT2D eigenvalue weighted by Gasteiger charge is 2.30. The van der Waals surface area contributed by atoms with Crippen LogP contribution in [-0.2, 0) is 6.18 Å². The van der Waals surface area contributed by atoms with Crippen molar-refractivity contribution >= 4 is 5.91 Å². The van der Waals surface area contributed by atoms with E-state index in [1.54, 1.807) is 13.8 Å². The zero-order valence-corrected chi connectivity index (χ0v) is 11.4. The molecule has 0 aliphatic rings. The van der Waals surface area contributed by atoms with Crippen molar-refractivity contribution in [3.63, 3.8) is 0 Å². The fourth-order valence-electron chi connectivity index (χ4n) is 1.79. The minimum Gasteiger partial charge on any atom is -0.361 e. The number of amides is 1. The molecule has 1 amide bonds. The van der Waals surface area contributed by atoms with Gasteiger partial charge in [-0.3, -0.25) is 4.79 Å². The third-order valence-electron chi connectivity index (χ3n) is 2.95. The number of hydrogen-bond acceptors (Lipinski definition) is 3. The van der Waals surface area contributed by atoms with Crippen molar-refractivity contribution in [1.29, 1.82) is 0 Å². The minimum atomic E-state index is -4.37. The molecule has 2 aromatic rings. The Morgan fingerprint density at radius 2 is 1.90 bits per heavy atom. The molecule has 7 heteroatoms. The number of alkyl halides is 3. The van der Waals surface area contributed by atoms with Crippen LogP contribution in [-0.4, -0.2) is 11.1 Å². The lowest BCUT2D eigenvalue weighted by Crippen LogP contribution is -2.26. The molecule has 21 heavy (non-hydrogen) atoms. The normalized spacial score (nSPS) is 13.0. The molecule has 1 heterocycles. The summed E-state index contributed by atoms with van der Waals surface area (Å²) in [6.45, 7) is 3.33. The average molecular weight is 298 g/mol. The SMILES string of the molecule is Cc1cc(C(=O)NC(C)c2ccc(C(F)(F)F)cc2)no1. The van der Waals surface area contributed by atoms with Crippen LogP contribution in [0.4, 0.5) is 13.2 Å². The molecule has 0 saturated carbocycles. The van der Waals surface area contributed by atoms with E-state index in [1.165, 1.54) is 18.2 Å². The van der Waals surface area contributed by atoms with Crippen molar-refractivity contribution in [3.05, 3.63) is 52.9 Å². The number of aryl methyl sites for hydroxylation is 1. The Hall–Kier alpha value is -2.31. The van der Waals surface area contributed by atoms with E-state index in [-0.39, 0.29) is 5.69 Å². The molecule has 1 atom stereocenters. The zero-order chi connectivity index (χ0) is 15.6. The molecule has 1 aromatic carbocycles. The smallest absolute Gasteiger partial charge is 0.361 e. The molecule has 0 fully saturated rings. The lowest BCUT2D eigenvalue weighted by Gasteiger charge is -2.14. The standard InChI is InChI=1S/C14H13F3N2O2/c1-8-7-12(19-21-8)13(20)18-9(2)10-3-5-11(6-4-10)14(15,16)17/h3-7,9H,1-2H3,(H,18,20). The Morgan fingerprint density at radius 3 is 2.38 bits per heavy atom. The Labute approximate surface area is 118 Å². The summed E-state index contributed by atoms with van der Waals surface area (Å²) < 4.78 is 42.2. The van der Waals surface area contributed by atoms with Crippen molar-refractivity contribution in [2.24, 2.45) is 0 Å². The highest BCUT2D eigenvalue weighted by molar-refractivity contribution is 5.92. The van der Waals surface area contributed by atoms with Gasteiger partial charge in [-0.25, -0.2) is 0 Å². The van der Waals surface area contributed by atoms with Gasteiger partial charge in [-0.1, -0.05) is 17.3 Å². The number of aromatic nitrogens is 1. The molecule has 0 radical (unpaired) electrons. The average Bonchev–Trinajstić information content (AvgIpc) is 2.84. The topological polar surface area (TPSA) is 55.1 Å². The van der Waals surface area contributed by atoms with Crippen LogP contribution in [0.2, 0.25) is 0 Å². The number of carbonyl (C=O) groups excluding carboxylic acids is 1. The molecule has 112 valence electrons. The van der Waals surface area contributed by atoms with Gasteiger partial charge in [-0.2, -0.15) is 13.2 Å². The van der Waals surface area contributed by atoms with Crippen molar-refractivity contribution in [2.45, 2.75) is 26.1 Å². The second kappa shape index (κ2) is 5.59. The van der Waals surface area contributed by atoms with E-state index in [1.807, 2.05) is 0 Å². The van der Waals surface area contributed by atoms with Crippen LogP contribution in [0.25, 0.3) is 0 Å². The summed E-state index contributed by atoms with van der Waals surface area (Å²) in [7, 11) is 0. The van der Waals surface area contributed by atoms with Gasteiger partial charge in [0.25, 0.3) is 5.91 Å². The quantitative estimate of drug-likeness (QED) is 0.943. The van der Waals surface area contributed by atoms with Gasteiger partial charge in [0.05, 0.1) is 11.6 Å². The van der Waals surface area contributed by atoms with Crippen LogP contribution in [0.15, 0.2) is 34.9 Å². The van der Waals surface area contributed by atoms with Gasteiger partial charge in [0.15, 0.2) is 5.69 Å². The maximum Gasteiger partial charge on any atom is 0.416 e. The van der Waals surface area contributed by atoms with Crippen LogP contribution in [0, 0.1) is 6.92 Å². The molecular weight excluding hydrogens is 285 g/mol. The van der Waals surface area contributed by atoms with Crippen molar-refractivity contribution in [1.82, 2.24) is 10.5 Å². The van der Waals surface area contributed by atoms with E-state index in [9.17, 15) is 18.0 Å². The van der Waals surface area contributed by atoms with E-state index < -0.39 is 23.7 Å². The van der Waals surface area contributed by atoms with Gasteiger partial charge in [0.2, 0.25) is 0 Å². The largest absolute Gasteiger partial charge is 0.416 e. The van der Waals surface area contributed by atoms with E-state index in [0.717, 1.165) is 12.1 Å². The first-order valence-corrected chi connectivity index (χ1v) is 6.18. The molecule has 1 unspecified atom stereocenters. The van der Waals surface area contributed by atoms with Crippen molar-refractivity contribution in [3.8, 4) is 0 Å². The number of rotatable bonds is 3. The maximum absolute atomic E-state index is 12.5.